The molecule has 2 rings (SSSR count). The number of carbonyl (C=O) groups is 1. The number of rotatable bonds is 3. The number of hydrogen-bond acceptors (Lipinski definition) is 5. The summed E-state index contributed by atoms with van der Waals surface area (Å²) < 4.78 is 5.16. The summed E-state index contributed by atoms with van der Waals surface area (Å²) in [5.74, 6) is 1.90. The molecule has 120 valence electrons. The van der Waals surface area contributed by atoms with Gasteiger partial charge >= 0.3 is 6.09 Å². The molecule has 1 aliphatic heterocycles. The zero-order chi connectivity index (χ0) is 14.6. The topological polar surface area (TPSA) is 91.9 Å². The summed E-state index contributed by atoms with van der Waals surface area (Å²) in [6, 6.07) is 0. The van der Waals surface area contributed by atoms with Gasteiger partial charge in [-0.2, -0.15) is 5.10 Å². The van der Waals surface area contributed by atoms with Gasteiger partial charge in [0.05, 0.1) is 6.54 Å². The Morgan fingerprint density at radius 3 is 2.67 bits per heavy atom. The first kappa shape index (κ1) is 17.7. The Balaban J connectivity index is 0.00000220. The van der Waals surface area contributed by atoms with E-state index in [1.54, 1.807) is 0 Å². The van der Waals surface area contributed by atoms with E-state index in [9.17, 15) is 4.79 Å². The van der Waals surface area contributed by atoms with Crippen LogP contribution in [0.25, 0.3) is 0 Å². The predicted octanol–water partition coefficient (Wildman–Crippen LogP) is 1.72. The number of H-pyrrole nitrogens is 1. The fourth-order valence-electron chi connectivity index (χ4n) is 2.12. The van der Waals surface area contributed by atoms with E-state index >= 15 is 0 Å². The summed E-state index contributed by atoms with van der Waals surface area (Å²) in [4.78, 5) is 16.0. The maximum atomic E-state index is 11.5. The summed E-state index contributed by atoms with van der Waals surface area (Å²) in [5, 5.41) is 13.1. The van der Waals surface area contributed by atoms with Crippen LogP contribution in [0, 0.1) is 0 Å². The lowest BCUT2D eigenvalue weighted by Crippen LogP contribution is -2.32. The van der Waals surface area contributed by atoms with Crippen molar-refractivity contribution in [1.29, 1.82) is 0 Å². The van der Waals surface area contributed by atoms with Crippen molar-refractivity contribution in [3.8, 4) is 0 Å². The average molecular weight is 318 g/mol. The van der Waals surface area contributed by atoms with E-state index in [-0.39, 0.29) is 12.4 Å². The van der Waals surface area contributed by atoms with Crippen LogP contribution in [-0.4, -0.2) is 40.0 Å². The van der Waals surface area contributed by atoms with Gasteiger partial charge in [0.2, 0.25) is 0 Å². The number of hydrogen-bond donors (Lipinski definition) is 3. The number of aromatic nitrogens is 3. The molecule has 1 aliphatic rings. The van der Waals surface area contributed by atoms with E-state index in [0.29, 0.717) is 18.3 Å². The molecule has 3 N–H and O–H groups in total. The Hall–Kier alpha value is -1.34. The smallest absolute Gasteiger partial charge is 0.408 e. The predicted molar refractivity (Wildman–Crippen MR) is 81.5 cm³/mol. The Bertz CT molecular complexity index is 452. The number of ether oxygens (including phenoxy) is 1. The van der Waals surface area contributed by atoms with Crippen molar-refractivity contribution in [2.75, 3.05) is 13.1 Å². The number of alkyl carbamates (subject to hydrolysis) is 1. The van der Waals surface area contributed by atoms with Gasteiger partial charge in [0.1, 0.15) is 11.4 Å². The minimum absolute atomic E-state index is 0. The molecule has 1 saturated heterocycles. The van der Waals surface area contributed by atoms with Gasteiger partial charge in [-0.3, -0.25) is 5.10 Å². The first-order chi connectivity index (χ1) is 9.44. The number of carbonyl (C=O) groups excluding carboxylic acids is 1. The van der Waals surface area contributed by atoms with Crippen molar-refractivity contribution in [2.45, 2.75) is 51.7 Å². The Morgan fingerprint density at radius 1 is 1.38 bits per heavy atom. The van der Waals surface area contributed by atoms with Crippen LogP contribution in [-0.2, 0) is 11.3 Å². The molecule has 1 aromatic heterocycles. The molecule has 0 aromatic carbocycles. The second-order valence-electron chi connectivity index (χ2n) is 6.02. The highest BCUT2D eigenvalue weighted by atomic mass is 35.5. The molecule has 7 nitrogen and oxygen atoms in total. The molecule has 0 aliphatic carbocycles. The molecule has 8 heteroatoms. The largest absolute Gasteiger partial charge is 0.444 e. The molecule has 21 heavy (non-hydrogen) atoms. The van der Waals surface area contributed by atoms with Crippen LogP contribution in [0.4, 0.5) is 4.79 Å². The summed E-state index contributed by atoms with van der Waals surface area (Å²) in [6.45, 7) is 7.80. The van der Waals surface area contributed by atoms with Gasteiger partial charge in [0.15, 0.2) is 5.82 Å². The van der Waals surface area contributed by atoms with Crippen LogP contribution < -0.4 is 10.6 Å². The van der Waals surface area contributed by atoms with Gasteiger partial charge in [-0.1, -0.05) is 0 Å². The van der Waals surface area contributed by atoms with Gasteiger partial charge in [0, 0.05) is 5.92 Å². The first-order valence-electron chi connectivity index (χ1n) is 7.03. The molecule has 0 radical (unpaired) electrons. The molecule has 2 heterocycles. The quantitative estimate of drug-likeness (QED) is 0.789. The molecule has 0 spiro atoms. The first-order valence-corrected chi connectivity index (χ1v) is 7.03. The van der Waals surface area contributed by atoms with E-state index in [0.717, 1.165) is 31.8 Å². The molecule has 1 aromatic rings. The lowest BCUT2D eigenvalue weighted by molar-refractivity contribution is 0.0522. The van der Waals surface area contributed by atoms with Crippen LogP contribution >= 0.6 is 12.4 Å². The third-order valence-electron chi connectivity index (χ3n) is 3.05. The van der Waals surface area contributed by atoms with Crippen molar-refractivity contribution in [1.82, 2.24) is 25.8 Å². The molecule has 1 fully saturated rings. The molecular weight excluding hydrogens is 294 g/mol. The highest BCUT2D eigenvalue weighted by Crippen LogP contribution is 2.21. The maximum Gasteiger partial charge on any atom is 0.408 e. The SMILES string of the molecule is CC(C)(C)OC(=O)NCc1nc(C2CCNCC2)n[nH]1.Cl. The summed E-state index contributed by atoms with van der Waals surface area (Å²) in [6.07, 6.45) is 1.66. The highest BCUT2D eigenvalue weighted by molar-refractivity contribution is 5.85. The summed E-state index contributed by atoms with van der Waals surface area (Å²) in [7, 11) is 0. The van der Waals surface area contributed by atoms with Crippen molar-refractivity contribution >= 4 is 18.5 Å². The van der Waals surface area contributed by atoms with E-state index < -0.39 is 11.7 Å². The number of amides is 1. The number of piperidine rings is 1. The van der Waals surface area contributed by atoms with Crippen LogP contribution in [0.2, 0.25) is 0 Å². The number of nitrogens with one attached hydrogen (secondary N) is 3. The second-order valence-corrected chi connectivity index (χ2v) is 6.02. The normalized spacial score (nSPS) is 16.1. The van der Waals surface area contributed by atoms with Crippen molar-refractivity contribution in [3.63, 3.8) is 0 Å². The van der Waals surface area contributed by atoms with Gasteiger partial charge < -0.3 is 15.4 Å². The minimum Gasteiger partial charge on any atom is -0.444 e. The third-order valence-corrected chi connectivity index (χ3v) is 3.05. The van der Waals surface area contributed by atoms with E-state index in [4.69, 9.17) is 4.74 Å². The summed E-state index contributed by atoms with van der Waals surface area (Å²) >= 11 is 0. The second kappa shape index (κ2) is 7.61. The summed E-state index contributed by atoms with van der Waals surface area (Å²) in [5.41, 5.74) is -0.494. The fourth-order valence-corrected chi connectivity index (χ4v) is 2.12. The van der Waals surface area contributed by atoms with Crippen LogP contribution in [0.1, 0.15) is 51.2 Å². The van der Waals surface area contributed by atoms with Crippen LogP contribution in [0.15, 0.2) is 0 Å². The average Bonchev–Trinajstić information content (AvgIpc) is 2.84. The van der Waals surface area contributed by atoms with Crippen LogP contribution in [0.3, 0.4) is 0 Å². The van der Waals surface area contributed by atoms with Gasteiger partial charge in [-0.15, -0.1) is 12.4 Å². The number of halogens is 1. The Morgan fingerprint density at radius 2 is 2.05 bits per heavy atom. The highest BCUT2D eigenvalue weighted by Gasteiger charge is 2.20. The zero-order valence-electron chi connectivity index (χ0n) is 12.7. The minimum atomic E-state index is -0.494. The van der Waals surface area contributed by atoms with E-state index in [1.807, 2.05) is 20.8 Å². The molecule has 0 bridgehead atoms. The third kappa shape index (κ3) is 5.89. The monoisotopic (exact) mass is 317 g/mol. The van der Waals surface area contributed by atoms with Gasteiger partial charge in [0.25, 0.3) is 0 Å². The molecule has 0 saturated carbocycles. The van der Waals surface area contributed by atoms with Crippen molar-refractivity contribution < 1.29 is 9.53 Å². The maximum absolute atomic E-state index is 11.5. The van der Waals surface area contributed by atoms with Gasteiger partial charge in [-0.05, 0) is 46.7 Å². The van der Waals surface area contributed by atoms with E-state index in [2.05, 4.69) is 25.8 Å². The molecule has 0 atom stereocenters. The Kier molecular flexibility index (Phi) is 6.42. The molecule has 1 amide bonds. The lowest BCUT2D eigenvalue weighted by Gasteiger charge is -2.19. The molecule has 0 unspecified atom stereocenters. The lowest BCUT2D eigenvalue weighted by atomic mass is 9.98. The number of nitrogens with zero attached hydrogens (tertiary/aromatic N) is 2. The fraction of sp³-hybridized carbons (Fsp3) is 0.769. The van der Waals surface area contributed by atoms with E-state index in [1.165, 1.54) is 0 Å². The van der Waals surface area contributed by atoms with Crippen molar-refractivity contribution in [2.24, 2.45) is 0 Å². The molecular formula is C13H24ClN5O2. The van der Waals surface area contributed by atoms with Gasteiger partial charge in [-0.25, -0.2) is 9.78 Å². The van der Waals surface area contributed by atoms with Crippen molar-refractivity contribution in [3.05, 3.63) is 11.6 Å². The number of aromatic amines is 1. The van der Waals surface area contributed by atoms with Crippen LogP contribution in [0.5, 0.6) is 0 Å². The standard InChI is InChI=1S/C13H23N5O2.ClH/c1-13(2,3)20-12(19)15-8-10-16-11(18-17-10)9-4-6-14-7-5-9;/h9,14H,4-8H2,1-3H3,(H,15,19)(H,16,17,18);1H. The zero-order valence-corrected chi connectivity index (χ0v) is 13.5. The Labute approximate surface area is 131 Å².